The summed E-state index contributed by atoms with van der Waals surface area (Å²) in [4.78, 5) is 36.4. The molecule has 53 heavy (non-hydrogen) atoms. The number of rotatable bonds is 30. The molecule has 0 atom stereocenters. The number of amides is 2. The maximum atomic E-state index is 13.6. The molecule has 2 fully saturated rings. The van der Waals surface area contributed by atoms with Gasteiger partial charge in [-0.05, 0) is 37.5 Å². The van der Waals surface area contributed by atoms with Gasteiger partial charge in [0.1, 0.15) is 0 Å². The average Bonchev–Trinajstić information content (AvgIpc) is 3.09. The molecular formula is C41H64F4N2O6. The summed E-state index contributed by atoms with van der Waals surface area (Å²) in [5.41, 5.74) is 0.236. The zero-order chi connectivity index (χ0) is 38.3. The second-order valence-corrected chi connectivity index (χ2v) is 15.2. The van der Waals surface area contributed by atoms with E-state index in [-0.39, 0.29) is 68.2 Å². The molecule has 0 radical (unpaired) electrons. The quantitative estimate of drug-likeness (QED) is 0.0267. The number of esters is 1. The van der Waals surface area contributed by atoms with Crippen LogP contribution in [0.1, 0.15) is 161 Å². The predicted octanol–water partition coefficient (Wildman–Crippen LogP) is 9.55. The zero-order valence-electron chi connectivity index (χ0n) is 32.0. The Labute approximate surface area is 314 Å². The molecule has 2 aliphatic rings. The fourth-order valence-electron chi connectivity index (χ4n) is 7.57. The largest absolute Gasteiger partial charge is 0.420 e. The number of unbranched alkanes of at least 4 members (excludes halogenated alkanes) is 16. The minimum atomic E-state index is -1.80. The van der Waals surface area contributed by atoms with Crippen LogP contribution in [0.15, 0.2) is 6.07 Å². The van der Waals surface area contributed by atoms with E-state index < -0.39 is 41.4 Å². The van der Waals surface area contributed by atoms with Gasteiger partial charge in [0.2, 0.25) is 29.2 Å². The highest BCUT2D eigenvalue weighted by atomic mass is 19.2. The molecule has 1 aromatic rings. The first-order valence-corrected chi connectivity index (χ1v) is 20.4. The van der Waals surface area contributed by atoms with Gasteiger partial charge < -0.3 is 24.8 Å². The van der Waals surface area contributed by atoms with E-state index in [1.54, 1.807) is 0 Å². The third kappa shape index (κ3) is 17.5. The summed E-state index contributed by atoms with van der Waals surface area (Å²) >= 11 is 0. The van der Waals surface area contributed by atoms with Gasteiger partial charge in [0.25, 0.3) is 0 Å². The Bertz CT molecular complexity index is 1210. The molecule has 12 heteroatoms. The van der Waals surface area contributed by atoms with Gasteiger partial charge >= 0.3 is 5.97 Å². The summed E-state index contributed by atoms with van der Waals surface area (Å²) in [6.45, 7) is 2.53. The van der Waals surface area contributed by atoms with Crippen LogP contribution in [0.2, 0.25) is 0 Å². The lowest BCUT2D eigenvalue weighted by Crippen LogP contribution is -2.61. The van der Waals surface area contributed by atoms with E-state index in [2.05, 4.69) is 22.3 Å². The second kappa shape index (κ2) is 25.4. The SMILES string of the molecule is CCCCCCCCCCCCCCCCCCCC(=O)NC1CC2(C1)CC(NC(=O)CCOCCOCCC(=O)Oc1c(F)c(F)cc(F)c1F)C2. The fraction of sp³-hybridized carbons (Fsp3) is 0.780. The van der Waals surface area contributed by atoms with E-state index in [0.29, 0.717) is 6.42 Å². The van der Waals surface area contributed by atoms with Crippen molar-refractivity contribution < 1.29 is 46.2 Å². The summed E-state index contributed by atoms with van der Waals surface area (Å²) in [7, 11) is 0. The van der Waals surface area contributed by atoms with E-state index in [0.717, 1.165) is 38.5 Å². The lowest BCUT2D eigenvalue weighted by atomic mass is 9.52. The van der Waals surface area contributed by atoms with Gasteiger partial charge in [-0.2, -0.15) is 8.78 Å². The molecule has 0 unspecified atom stereocenters. The van der Waals surface area contributed by atoms with Crippen molar-refractivity contribution in [1.82, 2.24) is 10.6 Å². The Morgan fingerprint density at radius 2 is 0.981 bits per heavy atom. The Morgan fingerprint density at radius 3 is 1.43 bits per heavy atom. The zero-order valence-corrected chi connectivity index (χ0v) is 32.0. The van der Waals surface area contributed by atoms with Crippen LogP contribution in [0.4, 0.5) is 17.6 Å². The van der Waals surface area contributed by atoms with Crippen LogP contribution in [0.5, 0.6) is 5.75 Å². The normalized spacial score (nSPS) is 19.1. The van der Waals surface area contributed by atoms with E-state index in [1.807, 2.05) is 0 Å². The number of hydrogen-bond donors (Lipinski definition) is 2. The second-order valence-electron chi connectivity index (χ2n) is 15.2. The molecule has 2 saturated carbocycles. The van der Waals surface area contributed by atoms with Crippen LogP contribution in [0, 0.1) is 28.7 Å². The van der Waals surface area contributed by atoms with Gasteiger partial charge in [0.15, 0.2) is 11.6 Å². The third-order valence-electron chi connectivity index (χ3n) is 10.5. The Hall–Kier alpha value is -2.73. The number of hydrogen-bond acceptors (Lipinski definition) is 6. The van der Waals surface area contributed by atoms with Gasteiger partial charge in [-0.25, -0.2) is 8.78 Å². The average molecular weight is 757 g/mol. The van der Waals surface area contributed by atoms with Crippen molar-refractivity contribution in [2.75, 3.05) is 26.4 Å². The van der Waals surface area contributed by atoms with Crippen molar-refractivity contribution in [1.29, 1.82) is 0 Å². The van der Waals surface area contributed by atoms with Crippen LogP contribution in [0.3, 0.4) is 0 Å². The number of nitrogens with one attached hydrogen (secondary N) is 2. The van der Waals surface area contributed by atoms with Gasteiger partial charge in [-0.15, -0.1) is 0 Å². The first-order valence-electron chi connectivity index (χ1n) is 20.4. The molecule has 302 valence electrons. The van der Waals surface area contributed by atoms with E-state index in [4.69, 9.17) is 9.47 Å². The topological polar surface area (TPSA) is 103 Å². The third-order valence-corrected chi connectivity index (χ3v) is 10.5. The van der Waals surface area contributed by atoms with E-state index in [1.165, 1.54) is 96.3 Å². The minimum absolute atomic E-state index is 0.0208. The molecule has 3 rings (SSSR count). The molecule has 2 amide bonds. The summed E-state index contributed by atoms with van der Waals surface area (Å²) < 4.78 is 68.6. The van der Waals surface area contributed by atoms with Crippen LogP contribution in [0.25, 0.3) is 0 Å². The molecule has 1 spiro atoms. The molecule has 0 saturated heterocycles. The van der Waals surface area contributed by atoms with Crippen molar-refractivity contribution in [3.05, 3.63) is 29.3 Å². The van der Waals surface area contributed by atoms with Crippen molar-refractivity contribution in [2.24, 2.45) is 5.41 Å². The number of benzene rings is 1. The first kappa shape index (κ1) is 44.7. The standard InChI is InChI=1S/C41H64F4N2O6/c1-2-3-4-5-6-7-8-9-10-11-12-13-14-15-16-17-18-19-35(48)46-31-27-41(28-31)29-32(30-41)47-36(49)20-22-51-24-25-52-23-21-37(50)53-40-38(44)33(42)26-34(43)39(40)45/h26,31-32H,2-25,27-30H2,1H3,(H,46,48)(H,47,49). The lowest BCUT2D eigenvalue weighted by molar-refractivity contribution is -0.136. The Balaban J connectivity index is 1.05. The van der Waals surface area contributed by atoms with E-state index >= 15 is 0 Å². The molecule has 0 aromatic heterocycles. The van der Waals surface area contributed by atoms with Crippen LogP contribution < -0.4 is 15.4 Å². The summed E-state index contributed by atoms with van der Waals surface area (Å²) in [6.07, 6.45) is 26.7. The van der Waals surface area contributed by atoms with Gasteiger partial charge in [0, 0.05) is 31.0 Å². The summed E-state index contributed by atoms with van der Waals surface area (Å²) in [5, 5.41) is 6.24. The van der Waals surface area contributed by atoms with E-state index in [9.17, 15) is 31.9 Å². The maximum Gasteiger partial charge on any atom is 0.313 e. The van der Waals surface area contributed by atoms with Gasteiger partial charge in [-0.3, -0.25) is 14.4 Å². The first-order chi connectivity index (χ1) is 25.6. The molecule has 0 aliphatic heterocycles. The minimum Gasteiger partial charge on any atom is -0.420 e. The summed E-state index contributed by atoms with van der Waals surface area (Å²) in [5.74, 6) is -9.44. The van der Waals surface area contributed by atoms with Crippen molar-refractivity contribution >= 4 is 17.8 Å². The van der Waals surface area contributed by atoms with Crippen LogP contribution in [-0.2, 0) is 23.9 Å². The lowest BCUT2D eigenvalue weighted by Gasteiger charge is -2.57. The molecule has 1 aromatic carbocycles. The highest BCUT2D eigenvalue weighted by Crippen LogP contribution is 2.55. The van der Waals surface area contributed by atoms with Crippen molar-refractivity contribution in [3.63, 3.8) is 0 Å². The highest BCUT2D eigenvalue weighted by molar-refractivity contribution is 5.77. The number of carbonyl (C=O) groups is 3. The predicted molar refractivity (Wildman–Crippen MR) is 196 cm³/mol. The maximum absolute atomic E-state index is 13.6. The van der Waals surface area contributed by atoms with Crippen molar-refractivity contribution in [2.45, 2.75) is 173 Å². The molecule has 8 nitrogen and oxygen atoms in total. The number of ether oxygens (including phenoxy) is 3. The molecule has 2 N–H and O–H groups in total. The smallest absolute Gasteiger partial charge is 0.313 e. The van der Waals surface area contributed by atoms with Crippen LogP contribution >= 0.6 is 0 Å². The number of halogens is 4. The molecular weight excluding hydrogens is 692 g/mol. The Kier molecular flexibility index (Phi) is 21.4. The highest BCUT2D eigenvalue weighted by Gasteiger charge is 2.53. The van der Waals surface area contributed by atoms with Crippen molar-refractivity contribution in [3.8, 4) is 5.75 Å². The Morgan fingerprint density at radius 1 is 0.585 bits per heavy atom. The fourth-order valence-corrected chi connectivity index (χ4v) is 7.57. The monoisotopic (exact) mass is 756 g/mol. The number of carbonyl (C=O) groups excluding carboxylic acids is 3. The van der Waals surface area contributed by atoms with Gasteiger partial charge in [0.05, 0.1) is 32.8 Å². The van der Waals surface area contributed by atoms with Crippen LogP contribution in [-0.4, -0.2) is 56.3 Å². The van der Waals surface area contributed by atoms with Gasteiger partial charge in [-0.1, -0.05) is 110 Å². The molecule has 0 bridgehead atoms. The molecule has 0 heterocycles. The summed E-state index contributed by atoms with van der Waals surface area (Å²) in [6, 6.07) is 0.408. The molecule has 2 aliphatic carbocycles.